The number of rotatable bonds is 6. The second-order valence-electron chi connectivity index (χ2n) is 3.74. The Bertz CT molecular complexity index is 503. The fourth-order valence-electron chi connectivity index (χ4n) is 1.40. The van der Waals surface area contributed by atoms with Crippen molar-refractivity contribution in [1.29, 1.82) is 5.26 Å². The van der Waals surface area contributed by atoms with Gasteiger partial charge in [-0.3, -0.25) is 0 Å². The van der Waals surface area contributed by atoms with Crippen molar-refractivity contribution in [2.45, 2.75) is 31.1 Å². The van der Waals surface area contributed by atoms with Gasteiger partial charge < -0.3 is 0 Å². The van der Waals surface area contributed by atoms with Crippen molar-refractivity contribution in [3.8, 4) is 6.07 Å². The van der Waals surface area contributed by atoms with Crippen molar-refractivity contribution < 1.29 is 8.42 Å². The lowest BCUT2D eigenvalue weighted by molar-refractivity contribution is 0.576. The van der Waals surface area contributed by atoms with Crippen LogP contribution in [0.2, 0.25) is 0 Å². The molecule has 1 rings (SSSR count). The third-order valence-electron chi connectivity index (χ3n) is 2.35. The van der Waals surface area contributed by atoms with Gasteiger partial charge in [0.1, 0.15) is 0 Å². The first kappa shape index (κ1) is 13.7. The second kappa shape index (κ2) is 6.38. The summed E-state index contributed by atoms with van der Waals surface area (Å²) in [7, 11) is -3.47. The van der Waals surface area contributed by atoms with Crippen LogP contribution in [0.3, 0.4) is 0 Å². The Morgan fingerprint density at radius 3 is 2.76 bits per heavy atom. The molecule has 0 aliphatic rings. The summed E-state index contributed by atoms with van der Waals surface area (Å²) in [5.74, 6) is 0. The predicted molar refractivity (Wildman–Crippen MR) is 65.9 cm³/mol. The first-order chi connectivity index (χ1) is 8.10. The van der Waals surface area contributed by atoms with E-state index >= 15 is 0 Å². The molecule has 4 nitrogen and oxygen atoms in total. The van der Waals surface area contributed by atoms with E-state index in [1.165, 1.54) is 12.1 Å². The molecule has 0 amide bonds. The summed E-state index contributed by atoms with van der Waals surface area (Å²) in [5.41, 5.74) is 0.349. The molecule has 0 unspecified atom stereocenters. The van der Waals surface area contributed by atoms with E-state index < -0.39 is 10.0 Å². The minimum atomic E-state index is -3.47. The van der Waals surface area contributed by atoms with Crippen LogP contribution in [0, 0.1) is 11.3 Å². The lowest BCUT2D eigenvalue weighted by Gasteiger charge is -2.06. The lowest BCUT2D eigenvalue weighted by Crippen LogP contribution is -2.24. The lowest BCUT2D eigenvalue weighted by atomic mass is 10.2. The van der Waals surface area contributed by atoms with E-state index in [-0.39, 0.29) is 4.90 Å². The van der Waals surface area contributed by atoms with Crippen LogP contribution in [0.1, 0.15) is 31.7 Å². The molecule has 0 aromatic heterocycles. The fourth-order valence-corrected chi connectivity index (χ4v) is 2.52. The fraction of sp³-hybridized carbons (Fsp3) is 0.417. The van der Waals surface area contributed by atoms with E-state index in [0.29, 0.717) is 12.1 Å². The predicted octanol–water partition coefficient (Wildman–Crippen LogP) is 2.03. The van der Waals surface area contributed by atoms with Crippen molar-refractivity contribution in [3.05, 3.63) is 29.8 Å². The highest BCUT2D eigenvalue weighted by molar-refractivity contribution is 7.89. The molecule has 0 saturated carbocycles. The number of nitrogens with one attached hydrogen (secondary N) is 1. The van der Waals surface area contributed by atoms with Crippen LogP contribution in [-0.2, 0) is 10.0 Å². The first-order valence-corrected chi connectivity index (χ1v) is 7.08. The molecule has 0 fully saturated rings. The van der Waals surface area contributed by atoms with Crippen LogP contribution < -0.4 is 4.72 Å². The molecule has 0 bridgehead atoms. The SMILES string of the molecule is CCCCCNS(=O)(=O)c1cccc(C#N)c1. The number of unbranched alkanes of at least 4 members (excludes halogenated alkanes) is 2. The Hall–Kier alpha value is -1.38. The van der Waals surface area contributed by atoms with Crippen molar-refractivity contribution in [1.82, 2.24) is 4.72 Å². The molecular weight excluding hydrogens is 236 g/mol. The van der Waals surface area contributed by atoms with Crippen LogP contribution >= 0.6 is 0 Å². The van der Waals surface area contributed by atoms with Crippen molar-refractivity contribution in [2.75, 3.05) is 6.54 Å². The third kappa shape index (κ3) is 4.17. The third-order valence-corrected chi connectivity index (χ3v) is 3.80. The molecule has 0 heterocycles. The molecule has 0 aliphatic heterocycles. The molecule has 17 heavy (non-hydrogen) atoms. The van der Waals surface area contributed by atoms with E-state index in [4.69, 9.17) is 5.26 Å². The Balaban J connectivity index is 2.73. The summed E-state index contributed by atoms with van der Waals surface area (Å²) < 4.78 is 26.2. The van der Waals surface area contributed by atoms with Gasteiger partial charge in [-0.1, -0.05) is 25.8 Å². The average Bonchev–Trinajstić information content (AvgIpc) is 2.35. The van der Waals surface area contributed by atoms with E-state index in [9.17, 15) is 8.42 Å². The van der Waals surface area contributed by atoms with Crippen LogP contribution in [0.4, 0.5) is 0 Å². The molecule has 0 saturated heterocycles. The second-order valence-corrected chi connectivity index (χ2v) is 5.51. The van der Waals surface area contributed by atoms with Gasteiger partial charge in [0.25, 0.3) is 0 Å². The maximum absolute atomic E-state index is 11.8. The highest BCUT2D eigenvalue weighted by Crippen LogP contribution is 2.10. The molecule has 92 valence electrons. The molecule has 0 radical (unpaired) electrons. The number of nitrogens with zero attached hydrogens (tertiary/aromatic N) is 1. The summed E-state index contributed by atoms with van der Waals surface area (Å²) in [6, 6.07) is 7.94. The highest BCUT2D eigenvalue weighted by Gasteiger charge is 2.13. The monoisotopic (exact) mass is 252 g/mol. The van der Waals surface area contributed by atoms with Crippen molar-refractivity contribution >= 4 is 10.0 Å². The molecule has 0 spiro atoms. The molecule has 1 N–H and O–H groups in total. The summed E-state index contributed by atoms with van der Waals surface area (Å²) in [6.07, 6.45) is 2.88. The Kier molecular flexibility index (Phi) is 5.13. The van der Waals surface area contributed by atoms with Crippen molar-refractivity contribution in [3.63, 3.8) is 0 Å². The number of sulfonamides is 1. The van der Waals surface area contributed by atoms with Gasteiger partial charge in [0.2, 0.25) is 10.0 Å². The van der Waals surface area contributed by atoms with Gasteiger partial charge in [0, 0.05) is 6.54 Å². The standard InChI is InChI=1S/C12H16N2O2S/c1-2-3-4-8-14-17(15,16)12-7-5-6-11(9-12)10-13/h5-7,9,14H,2-4,8H2,1H3. The minimum Gasteiger partial charge on any atom is -0.211 e. The average molecular weight is 252 g/mol. The minimum absolute atomic E-state index is 0.146. The maximum Gasteiger partial charge on any atom is 0.240 e. The van der Waals surface area contributed by atoms with Gasteiger partial charge in [-0.05, 0) is 24.6 Å². The molecule has 0 atom stereocenters. The zero-order valence-corrected chi connectivity index (χ0v) is 10.6. The molecule has 1 aromatic carbocycles. The van der Waals surface area contributed by atoms with Crippen molar-refractivity contribution in [2.24, 2.45) is 0 Å². The Morgan fingerprint density at radius 2 is 2.12 bits per heavy atom. The van der Waals surface area contributed by atoms with Gasteiger partial charge in [-0.25, -0.2) is 13.1 Å². The van der Waals surface area contributed by atoms with Crippen LogP contribution in [-0.4, -0.2) is 15.0 Å². The van der Waals surface area contributed by atoms with Gasteiger partial charge in [-0.2, -0.15) is 5.26 Å². The summed E-state index contributed by atoms with van der Waals surface area (Å²) in [4.78, 5) is 0.146. The Morgan fingerprint density at radius 1 is 1.35 bits per heavy atom. The summed E-state index contributed by atoms with van der Waals surface area (Å²) in [6.45, 7) is 2.50. The van der Waals surface area contributed by atoms with E-state index in [1.807, 2.05) is 6.07 Å². The summed E-state index contributed by atoms with van der Waals surface area (Å²) in [5, 5.41) is 8.71. The topological polar surface area (TPSA) is 70.0 Å². The smallest absolute Gasteiger partial charge is 0.211 e. The van der Waals surface area contributed by atoms with Crippen LogP contribution in [0.25, 0.3) is 0 Å². The molecule has 5 heteroatoms. The number of benzene rings is 1. The number of hydrogen-bond donors (Lipinski definition) is 1. The quantitative estimate of drug-likeness (QED) is 0.787. The van der Waals surface area contributed by atoms with E-state index in [1.54, 1.807) is 12.1 Å². The maximum atomic E-state index is 11.8. The number of hydrogen-bond acceptors (Lipinski definition) is 3. The van der Waals surface area contributed by atoms with Gasteiger partial charge >= 0.3 is 0 Å². The first-order valence-electron chi connectivity index (χ1n) is 5.60. The molecule has 0 aliphatic carbocycles. The zero-order chi connectivity index (χ0) is 12.7. The van der Waals surface area contributed by atoms with E-state index in [2.05, 4.69) is 11.6 Å². The molecular formula is C12H16N2O2S. The van der Waals surface area contributed by atoms with Gasteiger partial charge in [0.05, 0.1) is 16.5 Å². The van der Waals surface area contributed by atoms with Gasteiger partial charge in [0.15, 0.2) is 0 Å². The number of nitriles is 1. The molecule has 1 aromatic rings. The van der Waals surface area contributed by atoms with Crippen LogP contribution in [0.5, 0.6) is 0 Å². The highest BCUT2D eigenvalue weighted by atomic mass is 32.2. The Labute approximate surface area is 102 Å². The zero-order valence-electron chi connectivity index (χ0n) is 9.81. The van der Waals surface area contributed by atoms with Crippen LogP contribution in [0.15, 0.2) is 29.2 Å². The van der Waals surface area contributed by atoms with E-state index in [0.717, 1.165) is 19.3 Å². The summed E-state index contributed by atoms with van der Waals surface area (Å²) >= 11 is 0. The normalized spacial score (nSPS) is 11.1. The largest absolute Gasteiger partial charge is 0.240 e. The van der Waals surface area contributed by atoms with Gasteiger partial charge in [-0.15, -0.1) is 0 Å².